The van der Waals surface area contributed by atoms with Gasteiger partial charge in [0.2, 0.25) is 0 Å². The lowest BCUT2D eigenvalue weighted by Gasteiger charge is -2.19. The van der Waals surface area contributed by atoms with Crippen LogP contribution >= 0.6 is 0 Å². The molecule has 1 unspecified atom stereocenters. The summed E-state index contributed by atoms with van der Waals surface area (Å²) in [6.45, 7) is 0. The second-order valence-corrected chi connectivity index (χ2v) is 4.40. The smallest absolute Gasteiger partial charge is 0.153 e. The lowest BCUT2D eigenvalue weighted by atomic mass is 9.85. The van der Waals surface area contributed by atoms with Crippen molar-refractivity contribution in [3.8, 4) is 0 Å². The average molecular weight is 218 g/mol. The summed E-state index contributed by atoms with van der Waals surface area (Å²) < 4.78 is 0. The topological polar surface area (TPSA) is 24.7 Å². The van der Waals surface area contributed by atoms with Crippen LogP contribution in [-0.2, 0) is 5.54 Å². The summed E-state index contributed by atoms with van der Waals surface area (Å²) in [6.07, 6.45) is 4.28. The molecule has 4 rings (SSSR count). The molecule has 0 N–H and O–H groups in total. The van der Waals surface area contributed by atoms with Crippen LogP contribution in [0.4, 0.5) is 5.69 Å². The highest BCUT2D eigenvalue weighted by molar-refractivity contribution is 5.72. The molecule has 1 aliphatic heterocycles. The van der Waals surface area contributed by atoms with E-state index in [0.29, 0.717) is 0 Å². The molecule has 2 nitrogen and oxygen atoms in total. The zero-order valence-corrected chi connectivity index (χ0v) is 9.17. The number of benzene rings is 2. The summed E-state index contributed by atoms with van der Waals surface area (Å²) >= 11 is 0. The number of rotatable bonds is 0. The molecule has 0 saturated carbocycles. The minimum Gasteiger partial charge on any atom is -0.168 e. The van der Waals surface area contributed by atoms with Crippen molar-refractivity contribution in [2.24, 2.45) is 10.2 Å². The van der Waals surface area contributed by atoms with Crippen molar-refractivity contribution in [3.63, 3.8) is 0 Å². The van der Waals surface area contributed by atoms with E-state index in [4.69, 9.17) is 0 Å². The summed E-state index contributed by atoms with van der Waals surface area (Å²) in [6, 6.07) is 16.6. The third-order valence-corrected chi connectivity index (χ3v) is 3.51. The van der Waals surface area contributed by atoms with E-state index in [-0.39, 0.29) is 5.54 Å². The minimum atomic E-state index is -0.368. The summed E-state index contributed by atoms with van der Waals surface area (Å²) in [7, 11) is 0. The lowest BCUT2D eigenvalue weighted by molar-refractivity contribution is 0.693. The van der Waals surface area contributed by atoms with Crippen LogP contribution in [0.5, 0.6) is 0 Å². The van der Waals surface area contributed by atoms with Gasteiger partial charge in [-0.3, -0.25) is 0 Å². The van der Waals surface area contributed by atoms with Gasteiger partial charge in [-0.05, 0) is 23.3 Å². The standard InChI is InChI=1S/C15H10N2/c1-2-6-12-11(5-1)9-10-15(12)13-7-3-4-8-14(13)16-17-15/h1-10H. The Morgan fingerprint density at radius 3 is 2.53 bits per heavy atom. The summed E-state index contributed by atoms with van der Waals surface area (Å²) in [4.78, 5) is 0. The maximum absolute atomic E-state index is 4.51. The Morgan fingerprint density at radius 2 is 1.59 bits per heavy atom. The third kappa shape index (κ3) is 0.998. The average Bonchev–Trinajstić information content (AvgIpc) is 2.95. The first-order chi connectivity index (χ1) is 8.40. The summed E-state index contributed by atoms with van der Waals surface area (Å²) in [5.41, 5.74) is 4.26. The van der Waals surface area contributed by atoms with Crippen molar-refractivity contribution < 1.29 is 0 Å². The van der Waals surface area contributed by atoms with Crippen molar-refractivity contribution in [2.45, 2.75) is 5.54 Å². The number of nitrogens with zero attached hydrogens (tertiary/aromatic N) is 2. The third-order valence-electron chi connectivity index (χ3n) is 3.51. The number of azo groups is 1. The molecular formula is C15H10N2. The number of hydrogen-bond donors (Lipinski definition) is 0. The molecular weight excluding hydrogens is 208 g/mol. The first kappa shape index (κ1) is 8.88. The highest BCUT2D eigenvalue weighted by Crippen LogP contribution is 2.50. The van der Waals surface area contributed by atoms with Gasteiger partial charge in [-0.2, -0.15) is 10.2 Å². The summed E-state index contributed by atoms with van der Waals surface area (Å²) in [5.74, 6) is 0. The van der Waals surface area contributed by atoms with E-state index in [0.717, 1.165) is 5.69 Å². The number of fused-ring (bicyclic) bond motifs is 4. The van der Waals surface area contributed by atoms with Gasteiger partial charge in [-0.25, -0.2) is 0 Å². The molecule has 2 heteroatoms. The van der Waals surface area contributed by atoms with Crippen LogP contribution in [0.15, 0.2) is 64.8 Å². The zero-order chi connectivity index (χ0) is 11.3. The van der Waals surface area contributed by atoms with E-state index in [9.17, 15) is 0 Å². The van der Waals surface area contributed by atoms with Gasteiger partial charge in [0.05, 0.1) is 5.69 Å². The van der Waals surface area contributed by atoms with Crippen LogP contribution in [0.3, 0.4) is 0 Å². The Labute approximate surface area is 99.3 Å². The van der Waals surface area contributed by atoms with E-state index in [1.54, 1.807) is 0 Å². The molecule has 80 valence electrons. The van der Waals surface area contributed by atoms with E-state index in [2.05, 4.69) is 52.7 Å². The maximum Gasteiger partial charge on any atom is 0.153 e. The van der Waals surface area contributed by atoms with Gasteiger partial charge in [0.25, 0.3) is 0 Å². The van der Waals surface area contributed by atoms with Gasteiger partial charge < -0.3 is 0 Å². The second-order valence-electron chi connectivity index (χ2n) is 4.40. The first-order valence-electron chi connectivity index (χ1n) is 5.71. The Balaban J connectivity index is 2.05. The monoisotopic (exact) mass is 218 g/mol. The van der Waals surface area contributed by atoms with Gasteiger partial charge in [0.1, 0.15) is 0 Å². The van der Waals surface area contributed by atoms with E-state index >= 15 is 0 Å². The molecule has 0 aromatic heterocycles. The molecule has 17 heavy (non-hydrogen) atoms. The molecule has 1 aliphatic carbocycles. The van der Waals surface area contributed by atoms with E-state index in [1.807, 2.05) is 18.2 Å². The Kier molecular flexibility index (Phi) is 1.52. The fourth-order valence-corrected chi connectivity index (χ4v) is 2.68. The molecule has 0 fully saturated rings. The fourth-order valence-electron chi connectivity index (χ4n) is 2.68. The van der Waals surface area contributed by atoms with Gasteiger partial charge in [0.15, 0.2) is 5.54 Å². The Hall–Kier alpha value is -2.22. The maximum atomic E-state index is 4.51. The molecule has 0 bridgehead atoms. The molecule has 0 saturated heterocycles. The SMILES string of the molecule is C1=CC2(N=Nc3ccccc32)c2ccccc21. The molecule has 0 radical (unpaired) electrons. The predicted octanol–water partition coefficient (Wildman–Crippen LogP) is 4.05. The number of hydrogen-bond acceptors (Lipinski definition) is 2. The molecule has 0 amide bonds. The highest BCUT2D eigenvalue weighted by atomic mass is 15.2. The van der Waals surface area contributed by atoms with Crippen LogP contribution < -0.4 is 0 Å². The molecule has 2 aromatic rings. The van der Waals surface area contributed by atoms with Crippen LogP contribution in [0.2, 0.25) is 0 Å². The Bertz CT molecular complexity index is 609. The van der Waals surface area contributed by atoms with Crippen LogP contribution in [-0.4, -0.2) is 0 Å². The fraction of sp³-hybridized carbons (Fsp3) is 0.0667. The molecule has 2 aliphatic rings. The minimum absolute atomic E-state index is 0.368. The van der Waals surface area contributed by atoms with Crippen molar-refractivity contribution in [1.82, 2.24) is 0 Å². The van der Waals surface area contributed by atoms with Gasteiger partial charge in [-0.15, -0.1) is 0 Å². The molecule has 1 heterocycles. The van der Waals surface area contributed by atoms with Crippen molar-refractivity contribution in [3.05, 3.63) is 71.3 Å². The van der Waals surface area contributed by atoms with Gasteiger partial charge in [0, 0.05) is 5.56 Å². The predicted molar refractivity (Wildman–Crippen MR) is 67.2 cm³/mol. The normalized spacial score (nSPS) is 23.1. The first-order valence-corrected chi connectivity index (χ1v) is 5.71. The van der Waals surface area contributed by atoms with Gasteiger partial charge >= 0.3 is 0 Å². The second kappa shape index (κ2) is 2.92. The highest BCUT2D eigenvalue weighted by Gasteiger charge is 2.41. The van der Waals surface area contributed by atoms with Crippen molar-refractivity contribution in [1.29, 1.82) is 0 Å². The Morgan fingerprint density at radius 1 is 0.824 bits per heavy atom. The van der Waals surface area contributed by atoms with Crippen LogP contribution in [0, 0.1) is 0 Å². The molecule has 2 aromatic carbocycles. The molecule has 1 atom stereocenters. The summed E-state index contributed by atoms with van der Waals surface area (Å²) in [5, 5.41) is 8.82. The van der Waals surface area contributed by atoms with Crippen molar-refractivity contribution >= 4 is 11.8 Å². The molecule has 1 spiro atoms. The largest absolute Gasteiger partial charge is 0.168 e. The van der Waals surface area contributed by atoms with E-state index < -0.39 is 0 Å². The van der Waals surface area contributed by atoms with Crippen LogP contribution in [0.25, 0.3) is 6.08 Å². The quantitative estimate of drug-likeness (QED) is 0.637. The zero-order valence-electron chi connectivity index (χ0n) is 9.17. The van der Waals surface area contributed by atoms with E-state index in [1.165, 1.54) is 16.7 Å². The van der Waals surface area contributed by atoms with Crippen LogP contribution in [0.1, 0.15) is 16.7 Å². The lowest BCUT2D eigenvalue weighted by Crippen LogP contribution is -2.17. The van der Waals surface area contributed by atoms with Crippen molar-refractivity contribution in [2.75, 3.05) is 0 Å². The van der Waals surface area contributed by atoms with Gasteiger partial charge in [-0.1, -0.05) is 48.5 Å².